The number of benzene rings is 1. The van der Waals surface area contributed by atoms with Gasteiger partial charge >= 0.3 is 5.97 Å². The lowest BCUT2D eigenvalue weighted by Crippen LogP contribution is -2.42. The van der Waals surface area contributed by atoms with E-state index in [0.717, 1.165) is 4.90 Å². The van der Waals surface area contributed by atoms with Gasteiger partial charge in [0.05, 0.1) is 5.41 Å². The van der Waals surface area contributed by atoms with E-state index in [-0.39, 0.29) is 30.1 Å². The summed E-state index contributed by atoms with van der Waals surface area (Å²) in [5.74, 6) is -1.41. The third kappa shape index (κ3) is 3.91. The smallest absolute Gasteiger partial charge is 0.331 e. The van der Waals surface area contributed by atoms with E-state index < -0.39 is 17.4 Å². The SMILES string of the molecule is CC(C)CC1(CC(C)C)CC(=O)N([C@@H](C(=O)O)c2ccccc2)C1=O. The lowest BCUT2D eigenvalue weighted by Gasteiger charge is -2.31. The third-order valence-corrected chi connectivity index (χ3v) is 4.64. The van der Waals surface area contributed by atoms with Crippen LogP contribution in [0.15, 0.2) is 30.3 Å². The first-order valence-corrected chi connectivity index (χ1v) is 8.82. The van der Waals surface area contributed by atoms with Crippen molar-refractivity contribution in [1.82, 2.24) is 4.90 Å². The second-order valence-corrected chi connectivity index (χ2v) is 7.87. The van der Waals surface area contributed by atoms with Crippen LogP contribution in [0.3, 0.4) is 0 Å². The molecule has 1 N–H and O–H groups in total. The zero-order chi connectivity index (χ0) is 18.8. The summed E-state index contributed by atoms with van der Waals surface area (Å²) < 4.78 is 0. The van der Waals surface area contributed by atoms with Crippen molar-refractivity contribution in [2.75, 3.05) is 0 Å². The molecule has 136 valence electrons. The van der Waals surface area contributed by atoms with E-state index in [9.17, 15) is 19.5 Å². The minimum atomic E-state index is -1.26. The molecule has 0 bridgehead atoms. The number of carbonyl (C=O) groups excluding carboxylic acids is 2. The van der Waals surface area contributed by atoms with Crippen LogP contribution in [-0.4, -0.2) is 27.8 Å². The van der Waals surface area contributed by atoms with E-state index in [1.807, 2.05) is 27.7 Å². The number of nitrogens with zero attached hydrogens (tertiary/aromatic N) is 1. The van der Waals surface area contributed by atoms with Crippen molar-refractivity contribution in [2.45, 2.75) is 53.0 Å². The second kappa shape index (κ2) is 7.38. The monoisotopic (exact) mass is 345 g/mol. The molecule has 1 aliphatic heterocycles. The number of carboxylic acid groups (broad SMARTS) is 1. The van der Waals surface area contributed by atoms with Gasteiger partial charge in [0, 0.05) is 6.42 Å². The Morgan fingerprint density at radius 2 is 1.60 bits per heavy atom. The van der Waals surface area contributed by atoms with Crippen molar-refractivity contribution in [3.8, 4) is 0 Å². The van der Waals surface area contributed by atoms with Crippen molar-refractivity contribution in [3.05, 3.63) is 35.9 Å². The molecule has 0 saturated carbocycles. The van der Waals surface area contributed by atoms with Crippen LogP contribution in [0, 0.1) is 17.3 Å². The molecule has 1 aliphatic rings. The maximum atomic E-state index is 13.3. The van der Waals surface area contributed by atoms with Gasteiger partial charge in [0.25, 0.3) is 0 Å². The van der Waals surface area contributed by atoms with E-state index in [1.54, 1.807) is 30.3 Å². The van der Waals surface area contributed by atoms with Crippen molar-refractivity contribution in [1.29, 1.82) is 0 Å². The van der Waals surface area contributed by atoms with Gasteiger partial charge in [-0.05, 0) is 30.2 Å². The number of carboxylic acids is 1. The highest BCUT2D eigenvalue weighted by molar-refractivity contribution is 6.08. The minimum Gasteiger partial charge on any atom is -0.479 e. The molecule has 1 saturated heterocycles. The van der Waals surface area contributed by atoms with Crippen LogP contribution in [0.1, 0.15) is 58.6 Å². The van der Waals surface area contributed by atoms with Crippen LogP contribution < -0.4 is 0 Å². The summed E-state index contributed by atoms with van der Waals surface area (Å²) in [5, 5.41) is 9.71. The molecule has 0 radical (unpaired) electrons. The first-order valence-electron chi connectivity index (χ1n) is 8.82. The van der Waals surface area contributed by atoms with Gasteiger partial charge in [0.1, 0.15) is 0 Å². The number of carbonyl (C=O) groups is 3. The summed E-state index contributed by atoms with van der Waals surface area (Å²) in [5.41, 5.74) is -0.344. The molecular weight excluding hydrogens is 318 g/mol. The Morgan fingerprint density at radius 3 is 2.04 bits per heavy atom. The van der Waals surface area contributed by atoms with Crippen LogP contribution in [-0.2, 0) is 14.4 Å². The quantitative estimate of drug-likeness (QED) is 0.766. The zero-order valence-corrected chi connectivity index (χ0v) is 15.4. The molecule has 1 fully saturated rings. The molecule has 2 amide bonds. The molecule has 2 rings (SSSR count). The summed E-state index contributed by atoms with van der Waals surface area (Å²) in [6.07, 6.45) is 1.28. The van der Waals surface area contributed by atoms with Crippen molar-refractivity contribution in [2.24, 2.45) is 17.3 Å². The van der Waals surface area contributed by atoms with Crippen LogP contribution in [0.25, 0.3) is 0 Å². The fraction of sp³-hybridized carbons (Fsp3) is 0.550. The highest BCUT2D eigenvalue weighted by atomic mass is 16.4. The van der Waals surface area contributed by atoms with Gasteiger partial charge in [-0.1, -0.05) is 58.0 Å². The number of hydrogen-bond acceptors (Lipinski definition) is 3. The van der Waals surface area contributed by atoms with E-state index in [0.29, 0.717) is 18.4 Å². The molecule has 1 atom stereocenters. The average Bonchev–Trinajstić information content (AvgIpc) is 2.71. The standard InChI is InChI=1S/C20H27NO4/c1-13(2)10-20(11-14(3)4)12-16(22)21(19(20)25)17(18(23)24)15-8-6-5-7-9-15/h5-9,13-14,17H,10-12H2,1-4H3,(H,23,24)/t17-/m1/s1. The van der Waals surface area contributed by atoms with E-state index in [2.05, 4.69) is 0 Å². The highest BCUT2D eigenvalue weighted by Gasteiger charge is 2.55. The summed E-state index contributed by atoms with van der Waals surface area (Å²) >= 11 is 0. The maximum absolute atomic E-state index is 13.3. The highest BCUT2D eigenvalue weighted by Crippen LogP contribution is 2.46. The van der Waals surface area contributed by atoms with Gasteiger partial charge < -0.3 is 5.11 Å². The Morgan fingerprint density at radius 1 is 1.08 bits per heavy atom. The Hall–Kier alpha value is -2.17. The van der Waals surface area contributed by atoms with Gasteiger partial charge in [0.2, 0.25) is 11.8 Å². The number of aliphatic carboxylic acids is 1. The Kier molecular flexibility index (Phi) is 5.65. The molecule has 1 aromatic carbocycles. The Labute approximate surface area is 149 Å². The number of likely N-dealkylation sites (tertiary alicyclic amines) is 1. The van der Waals surface area contributed by atoms with E-state index in [4.69, 9.17) is 0 Å². The normalized spacial score (nSPS) is 18.2. The van der Waals surface area contributed by atoms with E-state index >= 15 is 0 Å². The number of amides is 2. The number of rotatable bonds is 7. The first kappa shape index (κ1) is 19.2. The second-order valence-electron chi connectivity index (χ2n) is 7.87. The summed E-state index contributed by atoms with van der Waals surface area (Å²) in [6.45, 7) is 8.09. The lowest BCUT2D eigenvalue weighted by molar-refractivity contribution is -0.156. The molecule has 0 unspecified atom stereocenters. The first-order chi connectivity index (χ1) is 11.7. The molecule has 25 heavy (non-hydrogen) atoms. The lowest BCUT2D eigenvalue weighted by atomic mass is 9.73. The third-order valence-electron chi connectivity index (χ3n) is 4.64. The maximum Gasteiger partial charge on any atom is 0.331 e. The van der Waals surface area contributed by atoms with Crippen molar-refractivity contribution < 1.29 is 19.5 Å². The predicted molar refractivity (Wildman–Crippen MR) is 94.6 cm³/mol. The molecule has 1 heterocycles. The van der Waals surface area contributed by atoms with Crippen molar-refractivity contribution in [3.63, 3.8) is 0 Å². The van der Waals surface area contributed by atoms with Gasteiger partial charge in [-0.25, -0.2) is 4.79 Å². The minimum absolute atomic E-state index is 0.0960. The van der Waals surface area contributed by atoms with Crippen LogP contribution in [0.5, 0.6) is 0 Å². The van der Waals surface area contributed by atoms with Gasteiger partial charge in [-0.3, -0.25) is 14.5 Å². The van der Waals surface area contributed by atoms with Gasteiger partial charge in [0.15, 0.2) is 6.04 Å². The average molecular weight is 345 g/mol. The number of hydrogen-bond donors (Lipinski definition) is 1. The van der Waals surface area contributed by atoms with Crippen LogP contribution in [0.4, 0.5) is 0 Å². The molecule has 0 aliphatic carbocycles. The fourth-order valence-corrected chi connectivity index (χ4v) is 4.08. The zero-order valence-electron chi connectivity index (χ0n) is 15.4. The van der Waals surface area contributed by atoms with E-state index in [1.165, 1.54) is 0 Å². The van der Waals surface area contributed by atoms with Crippen molar-refractivity contribution >= 4 is 17.8 Å². The largest absolute Gasteiger partial charge is 0.479 e. The summed E-state index contributed by atoms with van der Waals surface area (Å²) in [4.78, 5) is 38.9. The van der Waals surface area contributed by atoms with Gasteiger partial charge in [-0.15, -0.1) is 0 Å². The molecule has 5 heteroatoms. The molecule has 5 nitrogen and oxygen atoms in total. The predicted octanol–water partition coefficient (Wildman–Crippen LogP) is 3.65. The molecule has 1 aromatic rings. The topological polar surface area (TPSA) is 74.7 Å². The summed E-state index contributed by atoms with van der Waals surface area (Å²) in [6, 6.07) is 7.23. The number of imide groups is 1. The van der Waals surface area contributed by atoms with Gasteiger partial charge in [-0.2, -0.15) is 0 Å². The molecule has 0 aromatic heterocycles. The Bertz CT molecular complexity index is 641. The van der Waals surface area contributed by atoms with Crippen LogP contribution >= 0.6 is 0 Å². The Balaban J connectivity index is 2.45. The molecular formula is C20H27NO4. The molecule has 0 spiro atoms. The van der Waals surface area contributed by atoms with Crippen LogP contribution in [0.2, 0.25) is 0 Å². The fourth-order valence-electron chi connectivity index (χ4n) is 4.08. The summed E-state index contributed by atoms with van der Waals surface area (Å²) in [7, 11) is 0.